The van der Waals surface area contributed by atoms with Crippen molar-refractivity contribution in [2.45, 2.75) is 82.6 Å². The first-order valence-corrected chi connectivity index (χ1v) is 12.0. The number of nitrogens with zero attached hydrogens (tertiary/aromatic N) is 1. The summed E-state index contributed by atoms with van der Waals surface area (Å²) in [5.74, 6) is 0.174. The monoisotopic (exact) mass is 455 g/mol. The summed E-state index contributed by atoms with van der Waals surface area (Å²) in [5, 5.41) is 17.4. The molecule has 4 rings (SSSR count). The van der Waals surface area contributed by atoms with Gasteiger partial charge in [0.05, 0.1) is 12.1 Å². The summed E-state index contributed by atoms with van der Waals surface area (Å²) in [6.45, 7) is 3.90. The minimum Gasteiger partial charge on any atom is -0.471 e. The second-order valence-electron chi connectivity index (χ2n) is 9.50. The fourth-order valence-electron chi connectivity index (χ4n) is 4.89. The SMILES string of the molecule is CCCc1cnc2c(c1)[C@@H](NC[C@@H](O)[C@H](Cc1ccc(F)cc1)NC(C)=O)CC1(CCC1)O2. The highest BCUT2D eigenvalue weighted by atomic mass is 19.1. The second-order valence-corrected chi connectivity index (χ2v) is 9.50. The molecular weight excluding hydrogens is 421 g/mol. The Morgan fingerprint density at radius 2 is 2.06 bits per heavy atom. The standard InChI is InChI=1S/C26H34FN3O3/c1-3-5-19-12-21-23(14-26(10-4-11-26)33-25(21)29-15-19)28-16-24(32)22(30-17(2)31)13-18-6-8-20(27)9-7-18/h6-9,12,15,22-24,28,32H,3-5,10-11,13-14,16H2,1-2H3,(H,30,31)/t22-,23-,24+/m0/s1. The molecule has 6 nitrogen and oxygen atoms in total. The number of hydrogen-bond acceptors (Lipinski definition) is 5. The van der Waals surface area contributed by atoms with Crippen molar-refractivity contribution < 1.29 is 19.0 Å². The molecule has 178 valence electrons. The van der Waals surface area contributed by atoms with Crippen LogP contribution in [-0.4, -0.2) is 40.3 Å². The van der Waals surface area contributed by atoms with Crippen LogP contribution in [0.3, 0.4) is 0 Å². The Balaban J connectivity index is 1.47. The molecule has 1 aromatic carbocycles. The van der Waals surface area contributed by atoms with Crippen LogP contribution in [0.25, 0.3) is 0 Å². The van der Waals surface area contributed by atoms with Crippen LogP contribution < -0.4 is 15.4 Å². The van der Waals surface area contributed by atoms with Gasteiger partial charge in [0.25, 0.3) is 0 Å². The Morgan fingerprint density at radius 3 is 2.70 bits per heavy atom. The van der Waals surface area contributed by atoms with E-state index in [1.165, 1.54) is 24.6 Å². The molecule has 3 N–H and O–H groups in total. The van der Waals surface area contributed by atoms with E-state index in [2.05, 4.69) is 28.6 Å². The number of ether oxygens (including phenoxy) is 1. The van der Waals surface area contributed by atoms with E-state index in [0.717, 1.165) is 49.7 Å². The highest BCUT2D eigenvalue weighted by molar-refractivity contribution is 5.73. The number of aromatic nitrogens is 1. The van der Waals surface area contributed by atoms with E-state index in [9.17, 15) is 14.3 Å². The van der Waals surface area contributed by atoms with Crippen LogP contribution >= 0.6 is 0 Å². The molecule has 1 aromatic heterocycles. The first kappa shape index (κ1) is 23.6. The van der Waals surface area contributed by atoms with Crippen LogP contribution in [0.4, 0.5) is 4.39 Å². The van der Waals surface area contributed by atoms with E-state index in [4.69, 9.17) is 4.74 Å². The first-order valence-electron chi connectivity index (χ1n) is 12.0. The van der Waals surface area contributed by atoms with E-state index in [1.807, 2.05) is 6.20 Å². The average Bonchev–Trinajstić information content (AvgIpc) is 2.77. The Morgan fingerprint density at radius 1 is 1.30 bits per heavy atom. The summed E-state index contributed by atoms with van der Waals surface area (Å²) in [7, 11) is 0. The number of halogens is 1. The van der Waals surface area contributed by atoms with E-state index >= 15 is 0 Å². The summed E-state index contributed by atoms with van der Waals surface area (Å²) in [4.78, 5) is 16.4. The van der Waals surface area contributed by atoms with Crippen molar-refractivity contribution in [2.24, 2.45) is 0 Å². The van der Waals surface area contributed by atoms with Gasteiger partial charge in [0, 0.05) is 37.7 Å². The number of benzene rings is 1. The predicted molar refractivity (Wildman–Crippen MR) is 125 cm³/mol. The molecule has 1 saturated carbocycles. The Bertz CT molecular complexity index is 962. The van der Waals surface area contributed by atoms with Crippen LogP contribution in [0.2, 0.25) is 0 Å². The fourth-order valence-corrected chi connectivity index (χ4v) is 4.89. The number of rotatable bonds is 9. The smallest absolute Gasteiger partial charge is 0.218 e. The maximum atomic E-state index is 13.3. The van der Waals surface area contributed by atoms with Gasteiger partial charge < -0.3 is 20.5 Å². The summed E-state index contributed by atoms with van der Waals surface area (Å²) in [6.07, 6.45) is 7.55. The molecule has 0 bridgehead atoms. The number of hydrogen-bond donors (Lipinski definition) is 3. The summed E-state index contributed by atoms with van der Waals surface area (Å²) in [6, 6.07) is 7.86. The number of carbonyl (C=O) groups is 1. The summed E-state index contributed by atoms with van der Waals surface area (Å²) >= 11 is 0. The van der Waals surface area contributed by atoms with Crippen LogP contribution in [-0.2, 0) is 17.6 Å². The molecule has 1 aliphatic carbocycles. The molecule has 0 unspecified atom stereocenters. The van der Waals surface area contributed by atoms with Crippen molar-refractivity contribution in [3.63, 3.8) is 0 Å². The van der Waals surface area contributed by atoms with Crippen molar-refractivity contribution in [3.05, 3.63) is 59.0 Å². The number of pyridine rings is 1. The van der Waals surface area contributed by atoms with Crippen molar-refractivity contribution in [1.29, 1.82) is 0 Å². The summed E-state index contributed by atoms with van der Waals surface area (Å²) < 4.78 is 19.6. The highest BCUT2D eigenvalue weighted by Crippen LogP contribution is 2.48. The van der Waals surface area contributed by atoms with Crippen molar-refractivity contribution in [1.82, 2.24) is 15.6 Å². The van der Waals surface area contributed by atoms with Crippen LogP contribution in [0.5, 0.6) is 5.88 Å². The van der Waals surface area contributed by atoms with Crippen molar-refractivity contribution in [2.75, 3.05) is 6.54 Å². The fraction of sp³-hybridized carbons (Fsp3) is 0.538. The lowest BCUT2D eigenvalue weighted by Gasteiger charge is -2.47. The zero-order valence-electron chi connectivity index (χ0n) is 19.4. The zero-order chi connectivity index (χ0) is 23.4. The maximum absolute atomic E-state index is 13.3. The number of nitrogens with one attached hydrogen (secondary N) is 2. The first-order chi connectivity index (χ1) is 15.9. The Kier molecular flexibility index (Phi) is 7.29. The third-order valence-corrected chi connectivity index (χ3v) is 6.80. The normalized spacial score (nSPS) is 20.3. The minimum atomic E-state index is -0.811. The number of aryl methyl sites for hydroxylation is 1. The van der Waals surface area contributed by atoms with Crippen LogP contribution in [0, 0.1) is 5.82 Å². The molecule has 1 aliphatic heterocycles. The lowest BCUT2D eigenvalue weighted by atomic mass is 9.73. The highest BCUT2D eigenvalue weighted by Gasteiger charge is 2.46. The second kappa shape index (κ2) is 10.2. The van der Waals surface area contributed by atoms with Crippen LogP contribution in [0.15, 0.2) is 36.5 Å². The largest absolute Gasteiger partial charge is 0.471 e. The molecular formula is C26H34FN3O3. The lowest BCUT2D eigenvalue weighted by molar-refractivity contribution is -0.120. The van der Waals surface area contributed by atoms with Gasteiger partial charge in [-0.3, -0.25) is 4.79 Å². The molecule has 1 spiro atoms. The van der Waals surface area contributed by atoms with Gasteiger partial charge >= 0.3 is 0 Å². The van der Waals surface area contributed by atoms with Gasteiger partial charge in [0.15, 0.2) is 0 Å². The Hall–Kier alpha value is -2.51. The number of fused-ring (bicyclic) bond motifs is 1. The van der Waals surface area contributed by atoms with Crippen LogP contribution in [0.1, 0.15) is 68.7 Å². The zero-order valence-corrected chi connectivity index (χ0v) is 19.4. The molecule has 33 heavy (non-hydrogen) atoms. The lowest BCUT2D eigenvalue weighted by Crippen LogP contribution is -2.52. The molecule has 3 atom stereocenters. The predicted octanol–water partition coefficient (Wildman–Crippen LogP) is 3.62. The van der Waals surface area contributed by atoms with Gasteiger partial charge in [-0.2, -0.15) is 0 Å². The van der Waals surface area contributed by atoms with E-state index in [0.29, 0.717) is 18.8 Å². The van der Waals surface area contributed by atoms with Crippen molar-refractivity contribution >= 4 is 5.91 Å². The molecule has 2 heterocycles. The number of carbonyl (C=O) groups excluding carboxylic acids is 1. The van der Waals surface area contributed by atoms with Gasteiger partial charge in [0.2, 0.25) is 11.8 Å². The van der Waals surface area contributed by atoms with Gasteiger partial charge in [-0.1, -0.05) is 25.5 Å². The number of amides is 1. The van der Waals surface area contributed by atoms with Gasteiger partial charge in [-0.05, 0) is 61.4 Å². The molecule has 2 aromatic rings. The maximum Gasteiger partial charge on any atom is 0.218 e. The molecule has 1 amide bonds. The topological polar surface area (TPSA) is 83.5 Å². The van der Waals surface area contributed by atoms with Gasteiger partial charge in [-0.25, -0.2) is 9.37 Å². The third kappa shape index (κ3) is 5.71. The Labute approximate surface area is 195 Å². The third-order valence-electron chi connectivity index (χ3n) is 6.80. The van der Waals surface area contributed by atoms with Gasteiger partial charge in [-0.15, -0.1) is 0 Å². The molecule has 1 fully saturated rings. The minimum absolute atomic E-state index is 0.0248. The van der Waals surface area contributed by atoms with E-state index in [1.54, 1.807) is 12.1 Å². The molecule has 2 aliphatic rings. The molecule has 0 radical (unpaired) electrons. The van der Waals surface area contributed by atoms with Crippen molar-refractivity contribution in [3.8, 4) is 5.88 Å². The van der Waals surface area contributed by atoms with E-state index in [-0.39, 0.29) is 23.4 Å². The number of aliphatic hydroxyl groups is 1. The van der Waals surface area contributed by atoms with E-state index < -0.39 is 12.1 Å². The summed E-state index contributed by atoms with van der Waals surface area (Å²) in [5.41, 5.74) is 2.91. The number of aliphatic hydroxyl groups excluding tert-OH is 1. The van der Waals surface area contributed by atoms with Gasteiger partial charge in [0.1, 0.15) is 11.4 Å². The molecule has 0 saturated heterocycles. The molecule has 7 heteroatoms. The average molecular weight is 456 g/mol. The quantitative estimate of drug-likeness (QED) is 0.538.